The maximum Gasteiger partial charge on any atom is 0.349 e. The van der Waals surface area contributed by atoms with Crippen LogP contribution >= 0.6 is 11.3 Å². The first-order valence-corrected chi connectivity index (χ1v) is 7.73. The van der Waals surface area contributed by atoms with E-state index in [4.69, 9.17) is 9.47 Å². The van der Waals surface area contributed by atoms with Gasteiger partial charge in [0.1, 0.15) is 10.6 Å². The average molecular weight is 316 g/mol. The molecule has 0 fully saturated rings. The number of ether oxygens (including phenoxy) is 2. The summed E-state index contributed by atoms with van der Waals surface area (Å²) in [4.78, 5) is 17.9. The lowest BCUT2D eigenvalue weighted by molar-refractivity contribution is 0.0604. The average Bonchev–Trinajstić information content (AvgIpc) is 3.11. The van der Waals surface area contributed by atoms with Crippen LogP contribution in [0.3, 0.4) is 0 Å². The number of rotatable bonds is 4. The highest BCUT2D eigenvalue weighted by atomic mass is 32.1. The molecule has 0 saturated carbocycles. The van der Waals surface area contributed by atoms with Gasteiger partial charge in [-0.05, 0) is 18.6 Å². The van der Waals surface area contributed by atoms with E-state index in [1.165, 1.54) is 18.4 Å². The first-order chi connectivity index (χ1) is 10.7. The summed E-state index contributed by atoms with van der Waals surface area (Å²) in [6.45, 7) is 2.01. The maximum atomic E-state index is 11.8. The molecule has 0 saturated heterocycles. The Morgan fingerprint density at radius 2 is 2.09 bits per heavy atom. The molecule has 0 aliphatic rings. The lowest BCUT2D eigenvalue weighted by Crippen LogP contribution is -2.03. The molecule has 1 aromatic carbocycles. The fourth-order valence-corrected chi connectivity index (χ4v) is 3.57. The smallest absolute Gasteiger partial charge is 0.349 e. The van der Waals surface area contributed by atoms with Crippen molar-refractivity contribution in [2.24, 2.45) is 0 Å². The summed E-state index contributed by atoms with van der Waals surface area (Å²) in [7, 11) is 3.04. The summed E-state index contributed by atoms with van der Waals surface area (Å²) in [5.41, 5.74) is 2.68. The topological polar surface area (TPSA) is 52.8 Å². The molecule has 6 heteroatoms. The number of thiazole rings is 1. The van der Waals surface area contributed by atoms with Gasteiger partial charge in [-0.15, -0.1) is 0 Å². The molecule has 2 heterocycles. The van der Waals surface area contributed by atoms with Crippen LogP contribution in [0.4, 0.5) is 0 Å². The zero-order chi connectivity index (χ0) is 15.7. The second kappa shape index (κ2) is 5.81. The van der Waals surface area contributed by atoms with Crippen molar-refractivity contribution >= 4 is 22.3 Å². The van der Waals surface area contributed by atoms with Crippen molar-refractivity contribution in [3.63, 3.8) is 0 Å². The maximum absolute atomic E-state index is 11.8. The van der Waals surface area contributed by atoms with E-state index in [1.807, 2.05) is 41.8 Å². The summed E-state index contributed by atoms with van der Waals surface area (Å²) in [5.74, 6) is 0.464. The van der Waals surface area contributed by atoms with Gasteiger partial charge in [0.25, 0.3) is 0 Å². The molecular weight excluding hydrogens is 300 g/mol. The number of aryl methyl sites for hydroxylation is 1. The molecule has 2 aromatic heterocycles. The number of esters is 1. The van der Waals surface area contributed by atoms with E-state index in [2.05, 4.69) is 4.98 Å². The Labute approximate surface area is 132 Å². The van der Waals surface area contributed by atoms with Crippen molar-refractivity contribution in [3.05, 3.63) is 41.0 Å². The highest BCUT2D eigenvalue weighted by Gasteiger charge is 2.20. The number of fused-ring (bicyclic) bond motifs is 1. The van der Waals surface area contributed by atoms with Crippen molar-refractivity contribution in [1.29, 1.82) is 0 Å². The highest BCUT2D eigenvalue weighted by molar-refractivity contribution is 7.19. The molecule has 114 valence electrons. The van der Waals surface area contributed by atoms with Crippen LogP contribution < -0.4 is 4.74 Å². The number of carbonyl (C=O) groups is 1. The van der Waals surface area contributed by atoms with E-state index in [0.29, 0.717) is 4.88 Å². The van der Waals surface area contributed by atoms with E-state index in [9.17, 15) is 4.79 Å². The number of carbonyl (C=O) groups excluding carboxylic acids is 1. The molecule has 0 radical (unpaired) electrons. The van der Waals surface area contributed by atoms with Gasteiger partial charge in [0.15, 0.2) is 4.96 Å². The number of para-hydroxylation sites is 1. The predicted molar refractivity (Wildman–Crippen MR) is 85.8 cm³/mol. The predicted octanol–water partition coefficient (Wildman–Crippen LogP) is 3.42. The third kappa shape index (κ3) is 2.25. The summed E-state index contributed by atoms with van der Waals surface area (Å²) < 4.78 is 12.2. The fraction of sp³-hybridized carbons (Fsp3) is 0.250. The van der Waals surface area contributed by atoms with Crippen molar-refractivity contribution in [1.82, 2.24) is 9.38 Å². The number of hydrogen-bond donors (Lipinski definition) is 0. The lowest BCUT2D eigenvalue weighted by atomic mass is 10.1. The molecule has 0 aliphatic carbocycles. The van der Waals surface area contributed by atoms with Crippen LogP contribution in [0.25, 0.3) is 16.2 Å². The molecule has 0 spiro atoms. The van der Waals surface area contributed by atoms with Crippen molar-refractivity contribution in [2.75, 3.05) is 14.2 Å². The Hall–Kier alpha value is -2.34. The Balaban J connectivity index is 2.15. The molecule has 0 bridgehead atoms. The first kappa shape index (κ1) is 14.6. The third-order valence-corrected chi connectivity index (χ3v) is 4.59. The van der Waals surface area contributed by atoms with Gasteiger partial charge in [-0.3, -0.25) is 4.40 Å². The van der Waals surface area contributed by atoms with Crippen molar-refractivity contribution in [2.45, 2.75) is 13.3 Å². The van der Waals surface area contributed by atoms with Gasteiger partial charge in [-0.1, -0.05) is 30.4 Å². The number of hydrogen-bond acceptors (Lipinski definition) is 5. The van der Waals surface area contributed by atoms with E-state index >= 15 is 0 Å². The lowest BCUT2D eigenvalue weighted by Gasteiger charge is -2.05. The molecule has 3 aromatic rings. The van der Waals surface area contributed by atoms with Crippen LogP contribution in [0, 0.1) is 0 Å². The summed E-state index contributed by atoms with van der Waals surface area (Å²) in [6, 6.07) is 7.75. The molecule has 0 unspecified atom stereocenters. The molecule has 5 nitrogen and oxygen atoms in total. The van der Waals surface area contributed by atoms with Crippen LogP contribution in [0.5, 0.6) is 5.75 Å². The van der Waals surface area contributed by atoms with Gasteiger partial charge in [0.05, 0.1) is 19.9 Å². The Kier molecular flexibility index (Phi) is 3.85. The van der Waals surface area contributed by atoms with Crippen molar-refractivity contribution in [3.8, 4) is 17.0 Å². The van der Waals surface area contributed by atoms with E-state index in [0.717, 1.165) is 34.1 Å². The normalized spacial score (nSPS) is 10.9. The summed E-state index contributed by atoms with van der Waals surface area (Å²) in [6.07, 6.45) is 2.67. The van der Waals surface area contributed by atoms with Crippen molar-refractivity contribution < 1.29 is 14.3 Å². The van der Waals surface area contributed by atoms with Gasteiger partial charge in [-0.25, -0.2) is 9.78 Å². The highest BCUT2D eigenvalue weighted by Crippen LogP contribution is 2.32. The van der Waals surface area contributed by atoms with Gasteiger partial charge in [0, 0.05) is 17.5 Å². The minimum absolute atomic E-state index is 0.314. The number of methoxy groups -OCH3 is 2. The second-order valence-electron chi connectivity index (χ2n) is 4.70. The molecule has 0 amide bonds. The Morgan fingerprint density at radius 1 is 1.32 bits per heavy atom. The molecule has 0 aliphatic heterocycles. The SMILES string of the molecule is CCc1c(C(=O)OC)sc2nc(-c3ccccc3OC)cn12. The fourth-order valence-electron chi connectivity index (χ4n) is 2.46. The monoisotopic (exact) mass is 316 g/mol. The van der Waals surface area contributed by atoms with Gasteiger partial charge < -0.3 is 9.47 Å². The minimum Gasteiger partial charge on any atom is -0.496 e. The molecule has 0 N–H and O–H groups in total. The van der Waals surface area contributed by atoms with Crippen LogP contribution in [0.2, 0.25) is 0 Å². The van der Waals surface area contributed by atoms with E-state index in [-0.39, 0.29) is 5.97 Å². The van der Waals surface area contributed by atoms with Crippen LogP contribution in [-0.2, 0) is 11.2 Å². The third-order valence-electron chi connectivity index (χ3n) is 3.51. The summed E-state index contributed by atoms with van der Waals surface area (Å²) >= 11 is 1.35. The Morgan fingerprint density at radius 3 is 2.77 bits per heavy atom. The second-order valence-corrected chi connectivity index (χ2v) is 5.68. The largest absolute Gasteiger partial charge is 0.496 e. The number of nitrogens with zero attached hydrogens (tertiary/aromatic N) is 2. The number of aromatic nitrogens is 2. The summed E-state index contributed by atoms with van der Waals surface area (Å²) in [5, 5.41) is 0. The number of benzene rings is 1. The molecule has 0 atom stereocenters. The molecule has 3 rings (SSSR count). The quantitative estimate of drug-likeness (QED) is 0.692. The zero-order valence-corrected chi connectivity index (χ0v) is 13.4. The molecule has 22 heavy (non-hydrogen) atoms. The standard InChI is InChI=1S/C16H16N2O3S/c1-4-12-14(15(19)21-3)22-16-17-11(9-18(12)16)10-7-5-6-8-13(10)20-2/h5-9H,4H2,1-3H3. The van der Waals surface area contributed by atoms with Gasteiger partial charge in [-0.2, -0.15) is 0 Å². The van der Waals surface area contributed by atoms with Crippen LogP contribution in [0.15, 0.2) is 30.5 Å². The van der Waals surface area contributed by atoms with Crippen LogP contribution in [0.1, 0.15) is 22.3 Å². The van der Waals surface area contributed by atoms with Gasteiger partial charge >= 0.3 is 5.97 Å². The minimum atomic E-state index is -0.314. The van der Waals surface area contributed by atoms with Crippen LogP contribution in [-0.4, -0.2) is 29.6 Å². The zero-order valence-electron chi connectivity index (χ0n) is 12.6. The van der Waals surface area contributed by atoms with E-state index in [1.54, 1.807) is 7.11 Å². The molecular formula is C16H16N2O3S. The first-order valence-electron chi connectivity index (χ1n) is 6.92. The van der Waals surface area contributed by atoms with Gasteiger partial charge in [0.2, 0.25) is 0 Å². The Bertz CT molecular complexity index is 835. The number of imidazole rings is 1. The van der Waals surface area contributed by atoms with E-state index < -0.39 is 0 Å².